The number of amides is 3. The van der Waals surface area contributed by atoms with Crippen molar-refractivity contribution in [3.8, 4) is 0 Å². The van der Waals surface area contributed by atoms with Crippen molar-refractivity contribution < 1.29 is 42.9 Å². The third-order valence-corrected chi connectivity index (χ3v) is 6.89. The average molecular weight is 650 g/mol. The molecular formula is C34H55N3O9. The number of esters is 2. The van der Waals surface area contributed by atoms with Crippen molar-refractivity contribution >= 4 is 29.8 Å². The van der Waals surface area contributed by atoms with E-state index in [9.17, 15) is 24.0 Å². The summed E-state index contributed by atoms with van der Waals surface area (Å²) in [6, 6.07) is 8.43. The van der Waals surface area contributed by atoms with Gasteiger partial charge in [0.2, 0.25) is 11.8 Å². The van der Waals surface area contributed by atoms with Gasteiger partial charge in [0.25, 0.3) is 0 Å². The zero-order valence-corrected chi connectivity index (χ0v) is 28.9. The first-order chi connectivity index (χ1) is 21.7. The smallest absolute Gasteiger partial charge is 0.408 e. The standard InChI is InChI=1S/C34H55N3O9/c1-9-10-20-43-32(41)29(26(21-24(2)3)31(40)45-22-25-16-12-11-13-17-25)44-23-28(38)37(8)19-15-14-18-27(30(39)35-7)36-33(42)46-34(4,5)6/h11-13,16-17,24,26-27,29H,9-10,14-15,18-23H2,1-8H3,(H,35,39)(H,36,42)/t26-,27+,29?/m1/s1. The summed E-state index contributed by atoms with van der Waals surface area (Å²) in [6.45, 7) is 11.1. The van der Waals surface area contributed by atoms with E-state index in [1.807, 2.05) is 51.1 Å². The van der Waals surface area contributed by atoms with E-state index < -0.39 is 48.3 Å². The van der Waals surface area contributed by atoms with E-state index in [4.69, 9.17) is 18.9 Å². The van der Waals surface area contributed by atoms with Crippen LogP contribution in [0.15, 0.2) is 30.3 Å². The fourth-order valence-electron chi connectivity index (χ4n) is 4.42. The Kier molecular flexibility index (Phi) is 18.6. The summed E-state index contributed by atoms with van der Waals surface area (Å²) in [5, 5.41) is 5.13. The molecule has 260 valence electrons. The molecule has 0 spiro atoms. The van der Waals surface area contributed by atoms with Crippen LogP contribution in [0.1, 0.15) is 85.6 Å². The maximum atomic E-state index is 13.3. The third-order valence-electron chi connectivity index (χ3n) is 6.89. The molecule has 12 heteroatoms. The molecule has 46 heavy (non-hydrogen) atoms. The number of rotatable bonds is 20. The Morgan fingerprint density at radius 3 is 2.20 bits per heavy atom. The van der Waals surface area contributed by atoms with Crippen LogP contribution in [0.4, 0.5) is 4.79 Å². The van der Waals surface area contributed by atoms with Crippen molar-refractivity contribution in [1.82, 2.24) is 15.5 Å². The average Bonchev–Trinajstić information content (AvgIpc) is 2.99. The monoisotopic (exact) mass is 649 g/mol. The van der Waals surface area contributed by atoms with Crippen LogP contribution in [-0.2, 0) is 44.7 Å². The number of carbonyl (C=O) groups is 5. The highest BCUT2D eigenvalue weighted by atomic mass is 16.6. The van der Waals surface area contributed by atoms with Gasteiger partial charge in [0.05, 0.1) is 12.5 Å². The molecule has 0 bridgehead atoms. The van der Waals surface area contributed by atoms with Gasteiger partial charge in [0.1, 0.15) is 24.9 Å². The van der Waals surface area contributed by atoms with Gasteiger partial charge in [-0.2, -0.15) is 0 Å². The number of hydrogen-bond acceptors (Lipinski definition) is 9. The highest BCUT2D eigenvalue weighted by Gasteiger charge is 2.38. The van der Waals surface area contributed by atoms with Crippen molar-refractivity contribution in [2.45, 2.75) is 104 Å². The van der Waals surface area contributed by atoms with Gasteiger partial charge in [-0.3, -0.25) is 14.4 Å². The second-order valence-electron chi connectivity index (χ2n) is 12.7. The number of carbonyl (C=O) groups excluding carboxylic acids is 5. The van der Waals surface area contributed by atoms with Crippen LogP contribution < -0.4 is 10.6 Å². The van der Waals surface area contributed by atoms with E-state index >= 15 is 0 Å². The number of hydrogen-bond donors (Lipinski definition) is 2. The molecule has 0 aliphatic heterocycles. The molecule has 3 atom stereocenters. The molecule has 0 aliphatic carbocycles. The maximum Gasteiger partial charge on any atom is 0.408 e. The van der Waals surface area contributed by atoms with Crippen molar-refractivity contribution in [3.63, 3.8) is 0 Å². The predicted octanol–water partition coefficient (Wildman–Crippen LogP) is 4.39. The van der Waals surface area contributed by atoms with Gasteiger partial charge in [-0.05, 0) is 64.4 Å². The van der Waals surface area contributed by atoms with Crippen LogP contribution in [-0.4, -0.2) is 86.3 Å². The Hall–Kier alpha value is -3.67. The second-order valence-corrected chi connectivity index (χ2v) is 12.7. The zero-order valence-electron chi connectivity index (χ0n) is 28.9. The van der Waals surface area contributed by atoms with Crippen molar-refractivity contribution in [2.75, 3.05) is 33.9 Å². The largest absolute Gasteiger partial charge is 0.464 e. The quantitative estimate of drug-likeness (QED) is 0.119. The molecule has 0 aromatic heterocycles. The minimum Gasteiger partial charge on any atom is -0.464 e. The van der Waals surface area contributed by atoms with Crippen LogP contribution in [0, 0.1) is 11.8 Å². The first-order valence-electron chi connectivity index (χ1n) is 16.1. The molecule has 0 radical (unpaired) electrons. The molecule has 12 nitrogen and oxygen atoms in total. The molecule has 1 rings (SSSR count). The summed E-state index contributed by atoms with van der Waals surface area (Å²) in [6.07, 6.45) is 1.18. The van der Waals surface area contributed by atoms with E-state index in [1.54, 1.807) is 27.8 Å². The Morgan fingerprint density at radius 2 is 1.61 bits per heavy atom. The Morgan fingerprint density at radius 1 is 0.935 bits per heavy atom. The van der Waals surface area contributed by atoms with E-state index in [0.717, 1.165) is 12.0 Å². The number of ether oxygens (including phenoxy) is 4. The molecule has 1 aromatic carbocycles. The topological polar surface area (TPSA) is 150 Å². The lowest BCUT2D eigenvalue weighted by Crippen LogP contribution is -2.47. The number of alkyl carbamates (subject to hydrolysis) is 1. The van der Waals surface area contributed by atoms with Gasteiger partial charge in [-0.1, -0.05) is 57.5 Å². The molecule has 0 saturated heterocycles. The third kappa shape index (κ3) is 16.6. The first kappa shape index (κ1) is 40.4. The minimum absolute atomic E-state index is 0.0330. The molecular weight excluding hydrogens is 594 g/mol. The molecule has 1 unspecified atom stereocenters. The van der Waals surface area contributed by atoms with Gasteiger partial charge in [0.15, 0.2) is 6.10 Å². The summed E-state index contributed by atoms with van der Waals surface area (Å²) in [7, 11) is 3.09. The molecule has 0 heterocycles. The van der Waals surface area contributed by atoms with Crippen LogP contribution >= 0.6 is 0 Å². The van der Waals surface area contributed by atoms with Crippen LogP contribution in [0.2, 0.25) is 0 Å². The van der Waals surface area contributed by atoms with E-state index in [2.05, 4.69) is 10.6 Å². The fourth-order valence-corrected chi connectivity index (χ4v) is 4.42. The van der Waals surface area contributed by atoms with Gasteiger partial charge in [0, 0.05) is 20.6 Å². The van der Waals surface area contributed by atoms with Gasteiger partial charge in [-0.15, -0.1) is 0 Å². The van der Waals surface area contributed by atoms with Gasteiger partial charge in [-0.25, -0.2) is 9.59 Å². The van der Waals surface area contributed by atoms with Crippen molar-refractivity contribution in [3.05, 3.63) is 35.9 Å². The van der Waals surface area contributed by atoms with Crippen LogP contribution in [0.25, 0.3) is 0 Å². The normalized spacial score (nSPS) is 13.2. The molecule has 0 fully saturated rings. The Labute approximate surface area is 274 Å². The Balaban J connectivity index is 2.83. The SMILES string of the molecule is CCCCOC(=O)C(OCC(=O)N(C)CCCC[C@H](NC(=O)OC(C)(C)C)C(=O)NC)[C@@H](CC(C)C)C(=O)OCc1ccccc1. The maximum absolute atomic E-state index is 13.3. The van der Waals surface area contributed by atoms with Crippen LogP contribution in [0.3, 0.4) is 0 Å². The number of unbranched alkanes of at least 4 members (excludes halogenated alkanes) is 2. The summed E-state index contributed by atoms with van der Waals surface area (Å²) < 4.78 is 22.1. The molecule has 1 aromatic rings. The van der Waals surface area contributed by atoms with Gasteiger partial charge >= 0.3 is 18.0 Å². The van der Waals surface area contributed by atoms with Crippen LogP contribution in [0.5, 0.6) is 0 Å². The lowest BCUT2D eigenvalue weighted by Gasteiger charge is -2.27. The summed E-state index contributed by atoms with van der Waals surface area (Å²) >= 11 is 0. The zero-order chi connectivity index (χ0) is 34.7. The lowest BCUT2D eigenvalue weighted by molar-refractivity contribution is -0.174. The fraction of sp³-hybridized carbons (Fsp3) is 0.676. The number of benzene rings is 1. The highest BCUT2D eigenvalue weighted by Crippen LogP contribution is 2.23. The summed E-state index contributed by atoms with van der Waals surface area (Å²) in [5.74, 6) is -2.97. The molecule has 2 N–H and O–H groups in total. The van der Waals surface area contributed by atoms with Gasteiger partial charge < -0.3 is 34.5 Å². The van der Waals surface area contributed by atoms with E-state index in [0.29, 0.717) is 38.6 Å². The molecule has 0 aliphatic rings. The van der Waals surface area contributed by atoms with Crippen molar-refractivity contribution in [2.24, 2.45) is 11.8 Å². The number of likely N-dealkylation sites (N-methyl/N-ethyl adjacent to an activating group) is 2. The Bertz CT molecular complexity index is 1090. The number of nitrogens with zero attached hydrogens (tertiary/aromatic N) is 1. The molecule has 0 saturated carbocycles. The highest BCUT2D eigenvalue weighted by molar-refractivity contribution is 5.86. The van der Waals surface area contributed by atoms with Crippen molar-refractivity contribution in [1.29, 1.82) is 0 Å². The minimum atomic E-state index is -1.31. The number of nitrogens with one attached hydrogen (secondary N) is 2. The summed E-state index contributed by atoms with van der Waals surface area (Å²) in [5.41, 5.74) is 0.103. The van der Waals surface area contributed by atoms with E-state index in [1.165, 1.54) is 11.9 Å². The first-order valence-corrected chi connectivity index (χ1v) is 16.1. The summed E-state index contributed by atoms with van der Waals surface area (Å²) in [4.78, 5) is 65.4. The molecule has 3 amide bonds. The lowest BCUT2D eigenvalue weighted by atomic mass is 9.92. The predicted molar refractivity (Wildman–Crippen MR) is 174 cm³/mol. The second kappa shape index (κ2) is 21.2. The van der Waals surface area contributed by atoms with E-state index in [-0.39, 0.29) is 30.9 Å².